The topological polar surface area (TPSA) is 54.5 Å². The van der Waals surface area contributed by atoms with Crippen molar-refractivity contribution in [2.24, 2.45) is 0 Å². The van der Waals surface area contributed by atoms with E-state index in [1.807, 2.05) is 60.7 Å². The fraction of sp³-hybridized carbons (Fsp3) is 0. The van der Waals surface area contributed by atoms with Crippen molar-refractivity contribution < 1.29 is 0 Å². The summed E-state index contributed by atoms with van der Waals surface area (Å²) in [4.78, 5) is 18.0. The maximum Gasteiger partial charge on any atom is 0.164 e. The van der Waals surface area contributed by atoms with Crippen LogP contribution in [0.4, 0.5) is 0 Å². The van der Waals surface area contributed by atoms with E-state index in [0.29, 0.717) is 17.5 Å². The Kier molecular flexibility index (Phi) is 5.07. The number of H-pyrrole nitrogens is 1. The van der Waals surface area contributed by atoms with Gasteiger partial charge in [0.2, 0.25) is 0 Å². The van der Waals surface area contributed by atoms with Crippen LogP contribution in [-0.2, 0) is 0 Å². The van der Waals surface area contributed by atoms with Crippen LogP contribution in [0.3, 0.4) is 0 Å². The first-order valence-electron chi connectivity index (χ1n) is 12.3. The molecule has 0 amide bonds. The molecule has 174 valence electrons. The summed E-state index contributed by atoms with van der Waals surface area (Å²) < 4.78 is 0. The van der Waals surface area contributed by atoms with E-state index in [-0.39, 0.29) is 0 Å². The van der Waals surface area contributed by atoms with Crippen LogP contribution in [0.5, 0.6) is 0 Å². The van der Waals surface area contributed by atoms with E-state index >= 15 is 0 Å². The van der Waals surface area contributed by atoms with Crippen LogP contribution in [-0.4, -0.2) is 19.9 Å². The summed E-state index contributed by atoms with van der Waals surface area (Å²) in [5, 5.41) is 2.49. The summed E-state index contributed by atoms with van der Waals surface area (Å²) in [5.74, 6) is 1.99. The Morgan fingerprint density at radius 3 is 1.43 bits per heavy atom. The smallest absolute Gasteiger partial charge is 0.164 e. The zero-order chi connectivity index (χ0) is 24.6. The minimum absolute atomic E-state index is 0.658. The number of aromatic nitrogens is 4. The lowest BCUT2D eigenvalue weighted by molar-refractivity contribution is 1.07. The maximum atomic E-state index is 4.84. The average molecular weight is 475 g/mol. The normalized spacial score (nSPS) is 11.2. The van der Waals surface area contributed by atoms with E-state index in [4.69, 9.17) is 15.0 Å². The van der Waals surface area contributed by atoms with Gasteiger partial charge in [-0.3, -0.25) is 0 Å². The van der Waals surface area contributed by atoms with Crippen molar-refractivity contribution in [3.63, 3.8) is 0 Å². The standard InChI is InChI=1S/C33H22N4/c1-3-9-23(10-4-1)31-35-32(24-11-5-2-6-12-24)37-33(36-31)25-17-15-22(16-18-25)26-19-20-28-27-13-7-8-14-29(27)34-30(28)21-26/h1-21,34H. The number of aromatic amines is 1. The van der Waals surface area contributed by atoms with Gasteiger partial charge in [0.05, 0.1) is 0 Å². The second-order valence-electron chi connectivity index (χ2n) is 9.05. The van der Waals surface area contributed by atoms with Crippen molar-refractivity contribution in [3.05, 3.63) is 127 Å². The maximum absolute atomic E-state index is 4.84. The molecule has 0 saturated carbocycles. The molecule has 0 fully saturated rings. The fourth-order valence-corrected chi connectivity index (χ4v) is 4.78. The first kappa shape index (κ1) is 21.2. The summed E-state index contributed by atoms with van der Waals surface area (Å²) in [6.45, 7) is 0. The van der Waals surface area contributed by atoms with Crippen LogP contribution in [0, 0.1) is 0 Å². The number of benzene rings is 5. The summed E-state index contributed by atoms with van der Waals surface area (Å²) in [6.07, 6.45) is 0. The van der Waals surface area contributed by atoms with Crippen LogP contribution in [0.25, 0.3) is 67.1 Å². The molecule has 0 aliphatic rings. The van der Waals surface area contributed by atoms with Crippen molar-refractivity contribution in [2.75, 3.05) is 0 Å². The lowest BCUT2D eigenvalue weighted by Gasteiger charge is -2.09. The SMILES string of the molecule is c1ccc(-c2nc(-c3ccccc3)nc(-c3ccc(-c4ccc5c(c4)[nH]c4ccccc45)cc3)n2)cc1. The Balaban J connectivity index is 1.29. The molecule has 0 unspecified atom stereocenters. The molecule has 37 heavy (non-hydrogen) atoms. The van der Waals surface area contributed by atoms with Crippen LogP contribution in [0.15, 0.2) is 127 Å². The van der Waals surface area contributed by atoms with Gasteiger partial charge in [-0.1, -0.05) is 115 Å². The van der Waals surface area contributed by atoms with Crippen LogP contribution >= 0.6 is 0 Å². The van der Waals surface area contributed by atoms with E-state index in [1.54, 1.807) is 0 Å². The number of hydrogen-bond donors (Lipinski definition) is 1. The minimum Gasteiger partial charge on any atom is -0.354 e. The predicted molar refractivity (Wildman–Crippen MR) is 151 cm³/mol. The molecule has 0 radical (unpaired) electrons. The quantitative estimate of drug-likeness (QED) is 0.280. The Labute approximate surface area is 214 Å². The molecule has 5 aromatic carbocycles. The molecule has 4 nitrogen and oxygen atoms in total. The van der Waals surface area contributed by atoms with Crippen LogP contribution in [0.1, 0.15) is 0 Å². The molecule has 2 aromatic heterocycles. The summed E-state index contributed by atoms with van der Waals surface area (Å²) in [7, 11) is 0. The Hall–Kier alpha value is -5.09. The number of hydrogen-bond acceptors (Lipinski definition) is 3. The molecule has 7 rings (SSSR count). The summed E-state index contributed by atoms with van der Waals surface area (Å²) in [5.41, 5.74) is 7.48. The lowest BCUT2D eigenvalue weighted by atomic mass is 10.0. The van der Waals surface area contributed by atoms with Crippen molar-refractivity contribution in [2.45, 2.75) is 0 Å². The fourth-order valence-electron chi connectivity index (χ4n) is 4.78. The van der Waals surface area contributed by atoms with Crippen molar-refractivity contribution >= 4 is 21.8 Å². The second kappa shape index (κ2) is 8.85. The van der Waals surface area contributed by atoms with Gasteiger partial charge in [0.25, 0.3) is 0 Å². The highest BCUT2D eigenvalue weighted by atomic mass is 15.0. The van der Waals surface area contributed by atoms with E-state index in [2.05, 4.69) is 71.7 Å². The molecule has 4 heteroatoms. The van der Waals surface area contributed by atoms with Crippen molar-refractivity contribution in [1.29, 1.82) is 0 Å². The molecule has 0 saturated heterocycles. The first-order valence-corrected chi connectivity index (χ1v) is 12.3. The van der Waals surface area contributed by atoms with E-state index in [1.165, 1.54) is 10.8 Å². The van der Waals surface area contributed by atoms with Gasteiger partial charge in [-0.2, -0.15) is 0 Å². The summed E-state index contributed by atoms with van der Waals surface area (Å²) >= 11 is 0. The predicted octanol–water partition coefficient (Wildman–Crippen LogP) is 8.17. The highest BCUT2D eigenvalue weighted by Crippen LogP contribution is 2.31. The first-order chi connectivity index (χ1) is 18.3. The lowest BCUT2D eigenvalue weighted by Crippen LogP contribution is -2.00. The van der Waals surface area contributed by atoms with Gasteiger partial charge < -0.3 is 4.98 Å². The zero-order valence-corrected chi connectivity index (χ0v) is 20.0. The molecule has 1 N–H and O–H groups in total. The third kappa shape index (κ3) is 3.95. The second-order valence-corrected chi connectivity index (χ2v) is 9.05. The van der Waals surface area contributed by atoms with Gasteiger partial charge in [-0.05, 0) is 23.3 Å². The van der Waals surface area contributed by atoms with Gasteiger partial charge in [0, 0.05) is 38.5 Å². The monoisotopic (exact) mass is 474 g/mol. The number of rotatable bonds is 4. The molecule has 0 aliphatic carbocycles. The third-order valence-corrected chi connectivity index (χ3v) is 6.68. The highest BCUT2D eigenvalue weighted by molar-refractivity contribution is 6.08. The molecular weight excluding hydrogens is 452 g/mol. The third-order valence-electron chi connectivity index (χ3n) is 6.68. The van der Waals surface area contributed by atoms with Crippen LogP contribution in [0.2, 0.25) is 0 Å². The number of nitrogens with zero attached hydrogens (tertiary/aromatic N) is 3. The van der Waals surface area contributed by atoms with Crippen LogP contribution < -0.4 is 0 Å². The van der Waals surface area contributed by atoms with Gasteiger partial charge >= 0.3 is 0 Å². The highest BCUT2D eigenvalue weighted by Gasteiger charge is 2.12. The van der Waals surface area contributed by atoms with E-state index in [0.717, 1.165) is 38.9 Å². The Bertz CT molecular complexity index is 1800. The molecule has 2 heterocycles. The Morgan fingerprint density at radius 2 is 0.811 bits per heavy atom. The Morgan fingerprint density at radius 1 is 0.351 bits per heavy atom. The summed E-state index contributed by atoms with van der Waals surface area (Å²) in [6, 6.07) is 43.5. The number of fused-ring (bicyclic) bond motifs is 3. The molecule has 0 aliphatic heterocycles. The zero-order valence-electron chi connectivity index (χ0n) is 20.0. The largest absolute Gasteiger partial charge is 0.354 e. The van der Waals surface area contributed by atoms with Gasteiger partial charge in [0.1, 0.15) is 0 Å². The number of nitrogens with one attached hydrogen (secondary N) is 1. The number of para-hydroxylation sites is 1. The van der Waals surface area contributed by atoms with Crippen molar-refractivity contribution in [3.8, 4) is 45.3 Å². The van der Waals surface area contributed by atoms with Gasteiger partial charge in [0.15, 0.2) is 17.5 Å². The van der Waals surface area contributed by atoms with Gasteiger partial charge in [-0.15, -0.1) is 0 Å². The minimum atomic E-state index is 0.658. The van der Waals surface area contributed by atoms with E-state index < -0.39 is 0 Å². The molecule has 0 bridgehead atoms. The molecule has 0 atom stereocenters. The van der Waals surface area contributed by atoms with Crippen molar-refractivity contribution in [1.82, 2.24) is 19.9 Å². The van der Waals surface area contributed by atoms with Gasteiger partial charge in [-0.25, -0.2) is 15.0 Å². The molecule has 7 aromatic rings. The molecular formula is C33H22N4. The van der Waals surface area contributed by atoms with E-state index in [9.17, 15) is 0 Å². The molecule has 0 spiro atoms. The average Bonchev–Trinajstić information content (AvgIpc) is 3.36.